The molecule has 134 valence electrons. The molecule has 0 amide bonds. The van der Waals surface area contributed by atoms with Crippen LogP contribution >= 0.6 is 23.2 Å². The molecule has 0 fully saturated rings. The van der Waals surface area contributed by atoms with Crippen molar-refractivity contribution in [2.45, 2.75) is 13.2 Å². The average Bonchev–Trinajstić information content (AvgIpc) is 3.10. The fourth-order valence-electron chi connectivity index (χ4n) is 2.16. The van der Waals surface area contributed by atoms with Crippen LogP contribution in [0.15, 0.2) is 59.0 Å². The van der Waals surface area contributed by atoms with Crippen molar-refractivity contribution in [3.8, 4) is 5.75 Å². The Bertz CT molecular complexity index is 923. The van der Waals surface area contributed by atoms with Crippen LogP contribution in [-0.2, 0) is 18.0 Å². The highest BCUT2D eigenvalue weighted by atomic mass is 35.5. The molecule has 0 radical (unpaired) electrons. The molecule has 0 N–H and O–H groups in total. The first-order chi connectivity index (χ1) is 12.5. The van der Waals surface area contributed by atoms with Crippen LogP contribution in [0.2, 0.25) is 10.0 Å². The molecule has 0 aliphatic carbocycles. The number of ether oxygens (including phenoxy) is 2. The summed E-state index contributed by atoms with van der Waals surface area (Å²) < 4.78 is 29.1. The smallest absolute Gasteiger partial charge is 0.374 e. The molecule has 4 nitrogen and oxygen atoms in total. The molecule has 3 rings (SSSR count). The third kappa shape index (κ3) is 4.56. The van der Waals surface area contributed by atoms with Gasteiger partial charge in [-0.05, 0) is 42.0 Å². The topological polar surface area (TPSA) is 48.7 Å². The predicted octanol–water partition coefficient (Wildman–Crippen LogP) is 5.66. The lowest BCUT2D eigenvalue weighted by Gasteiger charge is -2.07. The summed E-state index contributed by atoms with van der Waals surface area (Å²) in [7, 11) is 0. The molecule has 1 aromatic heterocycles. The van der Waals surface area contributed by atoms with Crippen molar-refractivity contribution in [3.63, 3.8) is 0 Å². The lowest BCUT2D eigenvalue weighted by atomic mass is 10.2. The van der Waals surface area contributed by atoms with E-state index >= 15 is 0 Å². The maximum atomic E-state index is 13.1. The van der Waals surface area contributed by atoms with E-state index in [1.165, 1.54) is 18.2 Å². The van der Waals surface area contributed by atoms with Crippen molar-refractivity contribution >= 4 is 29.2 Å². The number of halogens is 3. The molecular weight excluding hydrogens is 382 g/mol. The third-order valence-electron chi connectivity index (χ3n) is 3.41. The first kappa shape index (κ1) is 18.3. The summed E-state index contributed by atoms with van der Waals surface area (Å²) in [4.78, 5) is 12.0. The summed E-state index contributed by atoms with van der Waals surface area (Å²) in [5.74, 6) is -0.196. The summed E-state index contributed by atoms with van der Waals surface area (Å²) in [5, 5.41) is 0.681. The Balaban J connectivity index is 1.57. The van der Waals surface area contributed by atoms with E-state index in [4.69, 9.17) is 37.1 Å². The van der Waals surface area contributed by atoms with Crippen molar-refractivity contribution in [1.82, 2.24) is 0 Å². The van der Waals surface area contributed by atoms with Crippen molar-refractivity contribution in [2.75, 3.05) is 0 Å². The molecule has 0 atom stereocenters. The number of benzene rings is 2. The zero-order chi connectivity index (χ0) is 18.5. The number of carbonyl (C=O) groups is 1. The minimum atomic E-state index is -0.652. The Morgan fingerprint density at radius 3 is 2.65 bits per heavy atom. The minimum absolute atomic E-state index is 0.0252. The number of hydrogen-bond donors (Lipinski definition) is 0. The molecule has 2 aromatic carbocycles. The Kier molecular flexibility index (Phi) is 5.81. The SMILES string of the molecule is O=C(OCc1cccc(F)c1)c1ccc(COc2cccc(Cl)c2Cl)o1. The summed E-state index contributed by atoms with van der Waals surface area (Å²) in [6, 6.07) is 13.9. The molecule has 0 bridgehead atoms. The Hall–Kier alpha value is -2.50. The monoisotopic (exact) mass is 394 g/mol. The number of esters is 1. The van der Waals surface area contributed by atoms with Gasteiger partial charge in [-0.3, -0.25) is 0 Å². The van der Waals surface area contributed by atoms with Crippen molar-refractivity contribution < 1.29 is 23.1 Å². The molecule has 0 aliphatic rings. The number of rotatable bonds is 6. The number of hydrogen-bond acceptors (Lipinski definition) is 4. The molecule has 0 unspecified atom stereocenters. The molecule has 0 spiro atoms. The summed E-state index contributed by atoms with van der Waals surface area (Å²) in [6.07, 6.45) is 0. The first-order valence-electron chi connectivity index (χ1n) is 7.60. The average molecular weight is 395 g/mol. The second kappa shape index (κ2) is 8.25. The van der Waals surface area contributed by atoms with E-state index in [0.29, 0.717) is 27.1 Å². The third-order valence-corrected chi connectivity index (χ3v) is 4.21. The van der Waals surface area contributed by atoms with Crippen LogP contribution in [0.4, 0.5) is 4.39 Å². The minimum Gasteiger partial charge on any atom is -0.484 e. The van der Waals surface area contributed by atoms with Gasteiger partial charge in [0.15, 0.2) is 0 Å². The van der Waals surface area contributed by atoms with Gasteiger partial charge in [0.2, 0.25) is 5.76 Å². The summed E-state index contributed by atoms with van der Waals surface area (Å²) in [6.45, 7) is 0.0124. The van der Waals surface area contributed by atoms with Gasteiger partial charge in [-0.2, -0.15) is 0 Å². The molecule has 1 heterocycles. The Morgan fingerprint density at radius 2 is 1.85 bits per heavy atom. The van der Waals surface area contributed by atoms with Crippen LogP contribution in [0.25, 0.3) is 0 Å². The number of furan rings is 1. The van der Waals surface area contributed by atoms with E-state index in [1.807, 2.05) is 0 Å². The van der Waals surface area contributed by atoms with Gasteiger partial charge in [0.25, 0.3) is 0 Å². The first-order valence-corrected chi connectivity index (χ1v) is 8.35. The maximum Gasteiger partial charge on any atom is 0.374 e. The molecule has 0 aliphatic heterocycles. The van der Waals surface area contributed by atoms with Crippen LogP contribution < -0.4 is 4.74 Å². The standard InChI is InChI=1S/C19H13Cl2FO4/c20-15-5-2-6-16(18(15)21)24-11-14-7-8-17(26-14)19(23)25-10-12-3-1-4-13(22)9-12/h1-9H,10-11H2. The Morgan fingerprint density at radius 1 is 1.04 bits per heavy atom. The molecular formula is C19H13Cl2FO4. The summed E-state index contributed by atoms with van der Waals surface area (Å²) in [5.41, 5.74) is 0.545. The van der Waals surface area contributed by atoms with Crippen molar-refractivity contribution in [2.24, 2.45) is 0 Å². The van der Waals surface area contributed by atoms with Crippen molar-refractivity contribution in [3.05, 3.63) is 87.5 Å². The second-order valence-corrected chi connectivity index (χ2v) is 6.10. The van der Waals surface area contributed by atoms with Gasteiger partial charge < -0.3 is 13.9 Å². The van der Waals surface area contributed by atoms with E-state index in [0.717, 1.165) is 0 Å². The molecule has 7 heteroatoms. The largest absolute Gasteiger partial charge is 0.484 e. The highest BCUT2D eigenvalue weighted by Crippen LogP contribution is 2.32. The van der Waals surface area contributed by atoms with Gasteiger partial charge in [-0.15, -0.1) is 0 Å². The van der Waals surface area contributed by atoms with Gasteiger partial charge in [0.05, 0.1) is 5.02 Å². The molecule has 0 saturated heterocycles. The Labute approximate surface area is 159 Å². The lowest BCUT2D eigenvalue weighted by molar-refractivity contribution is 0.0432. The highest BCUT2D eigenvalue weighted by molar-refractivity contribution is 6.42. The van der Waals surface area contributed by atoms with Crippen LogP contribution in [0.1, 0.15) is 21.9 Å². The lowest BCUT2D eigenvalue weighted by Crippen LogP contribution is -2.04. The molecule has 0 saturated carbocycles. The van der Waals surface area contributed by atoms with Gasteiger partial charge in [-0.1, -0.05) is 41.4 Å². The van der Waals surface area contributed by atoms with E-state index < -0.39 is 11.8 Å². The van der Waals surface area contributed by atoms with E-state index in [9.17, 15) is 9.18 Å². The summed E-state index contributed by atoms with van der Waals surface area (Å²) >= 11 is 12.0. The van der Waals surface area contributed by atoms with Gasteiger partial charge in [-0.25, -0.2) is 9.18 Å². The predicted molar refractivity (Wildman–Crippen MR) is 95.0 cm³/mol. The fourth-order valence-corrected chi connectivity index (χ4v) is 2.50. The van der Waals surface area contributed by atoms with Crippen LogP contribution in [0.3, 0.4) is 0 Å². The van der Waals surface area contributed by atoms with Crippen molar-refractivity contribution in [1.29, 1.82) is 0 Å². The fraction of sp³-hybridized carbons (Fsp3) is 0.105. The van der Waals surface area contributed by atoms with Crippen LogP contribution in [0, 0.1) is 5.82 Å². The molecule has 26 heavy (non-hydrogen) atoms. The highest BCUT2D eigenvalue weighted by Gasteiger charge is 2.14. The van der Waals surface area contributed by atoms with E-state index in [1.54, 1.807) is 36.4 Å². The van der Waals surface area contributed by atoms with Crippen LogP contribution in [-0.4, -0.2) is 5.97 Å². The van der Waals surface area contributed by atoms with E-state index in [-0.39, 0.29) is 19.0 Å². The van der Waals surface area contributed by atoms with E-state index in [2.05, 4.69) is 0 Å². The van der Waals surface area contributed by atoms with Gasteiger partial charge in [0, 0.05) is 0 Å². The normalized spacial score (nSPS) is 10.6. The van der Waals surface area contributed by atoms with Gasteiger partial charge in [0.1, 0.15) is 35.6 Å². The zero-order valence-electron chi connectivity index (χ0n) is 13.4. The second-order valence-electron chi connectivity index (χ2n) is 5.31. The number of carbonyl (C=O) groups excluding carboxylic acids is 1. The van der Waals surface area contributed by atoms with Crippen LogP contribution in [0.5, 0.6) is 5.75 Å². The maximum absolute atomic E-state index is 13.1. The molecule has 3 aromatic rings. The quantitative estimate of drug-likeness (QED) is 0.506. The van der Waals surface area contributed by atoms with Gasteiger partial charge >= 0.3 is 5.97 Å². The zero-order valence-corrected chi connectivity index (χ0v) is 14.9.